The van der Waals surface area contributed by atoms with Gasteiger partial charge >= 0.3 is 0 Å². The number of likely N-dealkylation sites (tertiary alicyclic amines) is 2. The summed E-state index contributed by atoms with van der Waals surface area (Å²) in [6.07, 6.45) is 6.03. The van der Waals surface area contributed by atoms with Gasteiger partial charge in [-0.15, -0.1) is 11.3 Å². The summed E-state index contributed by atoms with van der Waals surface area (Å²) in [7, 11) is 1.68. The second-order valence-corrected chi connectivity index (χ2v) is 15.9. The van der Waals surface area contributed by atoms with E-state index in [-0.39, 0.29) is 59.8 Å². The van der Waals surface area contributed by atoms with Crippen LogP contribution in [-0.4, -0.2) is 109 Å². The van der Waals surface area contributed by atoms with E-state index in [1.165, 1.54) is 16.9 Å². The molecule has 4 amide bonds. The van der Waals surface area contributed by atoms with Crippen molar-refractivity contribution < 1.29 is 23.9 Å². The highest BCUT2D eigenvalue weighted by Crippen LogP contribution is 2.34. The fourth-order valence-electron chi connectivity index (χ4n) is 8.60. The monoisotopic (exact) mass is 706 g/mol. The zero-order chi connectivity index (χ0) is 35.0. The maximum absolute atomic E-state index is 13.8. The van der Waals surface area contributed by atoms with Gasteiger partial charge in [-0.25, -0.2) is 4.98 Å². The summed E-state index contributed by atoms with van der Waals surface area (Å²) in [6, 6.07) is 10.6. The van der Waals surface area contributed by atoms with E-state index in [1.54, 1.807) is 7.11 Å². The molecule has 11 nitrogen and oxygen atoms in total. The van der Waals surface area contributed by atoms with Crippen LogP contribution < -0.4 is 10.6 Å². The first-order valence-electron chi connectivity index (χ1n) is 18.6. The summed E-state index contributed by atoms with van der Waals surface area (Å²) in [4.78, 5) is 65.8. The number of ether oxygens (including phenoxy) is 1. The Labute approximate surface area is 300 Å². The molecule has 2 aromatic rings. The van der Waals surface area contributed by atoms with Crippen LogP contribution >= 0.6 is 11.3 Å². The molecule has 4 bridgehead atoms. The number of amides is 4. The molecule has 4 aliphatic heterocycles. The zero-order valence-corrected chi connectivity index (χ0v) is 30.6. The first-order chi connectivity index (χ1) is 24.3. The van der Waals surface area contributed by atoms with Crippen molar-refractivity contribution in [3.63, 3.8) is 0 Å². The maximum atomic E-state index is 13.8. The van der Waals surface area contributed by atoms with Crippen LogP contribution in [0.5, 0.6) is 0 Å². The lowest BCUT2D eigenvalue weighted by atomic mass is 9.80. The van der Waals surface area contributed by atoms with Crippen LogP contribution in [-0.2, 0) is 32.1 Å². The van der Waals surface area contributed by atoms with Crippen molar-refractivity contribution in [2.45, 2.75) is 77.3 Å². The third-order valence-corrected chi connectivity index (χ3v) is 12.5. The molecule has 1 aromatic carbocycles. The molecular weight excluding hydrogens is 653 g/mol. The number of thiazole rings is 1. The van der Waals surface area contributed by atoms with Crippen molar-refractivity contribution in [3.8, 4) is 0 Å². The number of carbonyl (C=O) groups excluding carboxylic acids is 4. The number of aromatic nitrogens is 1. The Hall–Kier alpha value is -3.35. The first kappa shape index (κ1) is 36.4. The number of benzene rings is 1. The van der Waals surface area contributed by atoms with Gasteiger partial charge in [-0.3, -0.25) is 24.1 Å². The van der Waals surface area contributed by atoms with E-state index >= 15 is 0 Å². The summed E-state index contributed by atoms with van der Waals surface area (Å²) in [5.41, 5.74) is 1.98. The van der Waals surface area contributed by atoms with E-state index < -0.39 is 0 Å². The van der Waals surface area contributed by atoms with Crippen molar-refractivity contribution >= 4 is 35.0 Å². The summed E-state index contributed by atoms with van der Waals surface area (Å²) >= 11 is 1.40. The molecular formula is C38H54N6O5S. The van der Waals surface area contributed by atoms with Crippen LogP contribution in [0.4, 0.5) is 0 Å². The van der Waals surface area contributed by atoms with Gasteiger partial charge in [-0.1, -0.05) is 30.3 Å². The summed E-state index contributed by atoms with van der Waals surface area (Å²) in [6.45, 7) is 7.84. The number of carbonyl (C=O) groups is 4. The number of nitrogens with one attached hydrogen (secondary N) is 2. The van der Waals surface area contributed by atoms with Crippen molar-refractivity contribution in [1.29, 1.82) is 0 Å². The van der Waals surface area contributed by atoms with Gasteiger partial charge in [0.25, 0.3) is 5.91 Å². The second kappa shape index (κ2) is 17.2. The average molecular weight is 707 g/mol. The molecule has 6 rings (SSSR count). The minimum absolute atomic E-state index is 0.0136. The Balaban J connectivity index is 1.17. The third-order valence-electron chi connectivity index (χ3n) is 11.3. The fraction of sp³-hybridized carbons (Fsp3) is 0.658. The highest BCUT2D eigenvalue weighted by atomic mass is 32.1. The SMILES string of the molecule is COC[C@H]1CCCN1C(=O)C[C@@H]1CCN2C[C@@H]1CC(=O)NCC[C@H]1CN(Cc3ccccc3)CC[C@H]1CC(=O)NCCc1nc(C)c(s1)C2=O. The van der Waals surface area contributed by atoms with Crippen molar-refractivity contribution in [1.82, 2.24) is 30.3 Å². The topological polar surface area (TPSA) is 124 Å². The van der Waals surface area contributed by atoms with E-state index in [2.05, 4.69) is 39.8 Å². The number of hydrogen-bond donors (Lipinski definition) is 2. The Morgan fingerprint density at radius 2 is 1.70 bits per heavy atom. The van der Waals surface area contributed by atoms with Crippen molar-refractivity contribution in [2.75, 3.05) is 59.5 Å². The van der Waals surface area contributed by atoms with E-state index in [9.17, 15) is 19.2 Å². The van der Waals surface area contributed by atoms with Gasteiger partial charge in [0.05, 0.1) is 23.4 Å². The largest absolute Gasteiger partial charge is 0.383 e. The first-order valence-corrected chi connectivity index (χ1v) is 19.4. The van der Waals surface area contributed by atoms with Crippen LogP contribution in [0.1, 0.15) is 77.3 Å². The number of rotatable bonds is 6. The van der Waals surface area contributed by atoms with Gasteiger partial charge < -0.3 is 25.2 Å². The maximum Gasteiger partial charge on any atom is 0.265 e. The van der Waals surface area contributed by atoms with Gasteiger partial charge in [-0.2, -0.15) is 0 Å². The molecule has 5 atom stereocenters. The predicted molar refractivity (Wildman–Crippen MR) is 192 cm³/mol. The molecule has 3 saturated heterocycles. The Bertz CT molecular complexity index is 1490. The van der Waals surface area contributed by atoms with Crippen LogP contribution in [0.25, 0.3) is 0 Å². The molecule has 1 aromatic heterocycles. The summed E-state index contributed by atoms with van der Waals surface area (Å²) in [5.74, 6) is 0.472. The number of aryl methyl sites for hydroxylation is 1. The molecule has 0 saturated carbocycles. The minimum Gasteiger partial charge on any atom is -0.383 e. The number of hydrogen-bond acceptors (Lipinski definition) is 8. The second-order valence-electron chi connectivity index (χ2n) is 14.8. The van der Waals surface area contributed by atoms with E-state index in [4.69, 9.17) is 9.72 Å². The Kier molecular flexibility index (Phi) is 12.6. The van der Waals surface area contributed by atoms with Crippen LogP contribution in [0.3, 0.4) is 0 Å². The van der Waals surface area contributed by atoms with Gasteiger partial charge in [-0.05, 0) is 74.8 Å². The minimum atomic E-state index is -0.125. The summed E-state index contributed by atoms with van der Waals surface area (Å²) in [5, 5.41) is 7.15. The molecule has 272 valence electrons. The highest BCUT2D eigenvalue weighted by Gasteiger charge is 2.38. The molecule has 4 aliphatic rings. The van der Waals surface area contributed by atoms with E-state index in [0.717, 1.165) is 56.9 Å². The molecule has 0 spiro atoms. The number of methoxy groups -OCH3 is 1. The molecule has 5 heterocycles. The third kappa shape index (κ3) is 9.30. The summed E-state index contributed by atoms with van der Waals surface area (Å²) < 4.78 is 5.40. The van der Waals surface area contributed by atoms with Crippen LogP contribution in [0, 0.1) is 30.6 Å². The van der Waals surface area contributed by atoms with Gasteiger partial charge in [0.15, 0.2) is 0 Å². The van der Waals surface area contributed by atoms with Gasteiger partial charge in [0.2, 0.25) is 17.7 Å². The van der Waals surface area contributed by atoms with Gasteiger partial charge in [0, 0.05) is 78.6 Å². The molecule has 50 heavy (non-hydrogen) atoms. The van der Waals surface area contributed by atoms with Crippen molar-refractivity contribution in [3.05, 3.63) is 51.5 Å². The Morgan fingerprint density at radius 1 is 0.920 bits per heavy atom. The lowest BCUT2D eigenvalue weighted by Gasteiger charge is -2.39. The van der Waals surface area contributed by atoms with Crippen molar-refractivity contribution in [2.24, 2.45) is 23.7 Å². The lowest BCUT2D eigenvalue weighted by Crippen LogP contribution is -2.47. The van der Waals surface area contributed by atoms with E-state index in [0.29, 0.717) is 69.0 Å². The molecule has 2 N–H and O–H groups in total. The number of nitrogens with zero attached hydrogens (tertiary/aromatic N) is 4. The molecule has 0 radical (unpaired) electrons. The normalized spacial score (nSPS) is 27.5. The quantitative estimate of drug-likeness (QED) is 0.470. The Morgan fingerprint density at radius 3 is 2.50 bits per heavy atom. The number of piperidine rings is 2. The highest BCUT2D eigenvalue weighted by molar-refractivity contribution is 7.13. The lowest BCUT2D eigenvalue weighted by molar-refractivity contribution is -0.135. The smallest absolute Gasteiger partial charge is 0.265 e. The fourth-order valence-corrected chi connectivity index (χ4v) is 9.63. The number of fused-ring (bicyclic) bond motifs is 5. The standard InChI is InChI=1S/C38H54N6O5S/c1-26-37-38(48)43-18-13-29(21-36(47)44-16-6-9-32(44)25-49-2)31(24-43)20-34(46)39-14-10-30-23-42(22-27-7-4-3-5-8-27)17-12-28(30)19-33(45)40-15-11-35(41-26)50-37/h3-5,7-8,28-32H,6,9-25H2,1-2H3,(H,39,46)(H,40,45)/t28-,29-,30-,31-,32+/m0/s1. The van der Waals surface area contributed by atoms with Crippen LogP contribution in [0.15, 0.2) is 30.3 Å². The molecule has 0 unspecified atom stereocenters. The molecule has 3 fully saturated rings. The van der Waals surface area contributed by atoms with Gasteiger partial charge in [0.1, 0.15) is 4.88 Å². The van der Waals surface area contributed by atoms with E-state index in [1.807, 2.05) is 22.8 Å². The molecule has 0 aliphatic carbocycles. The predicted octanol–water partition coefficient (Wildman–Crippen LogP) is 3.65. The van der Waals surface area contributed by atoms with Crippen LogP contribution in [0.2, 0.25) is 0 Å². The molecule has 12 heteroatoms. The zero-order valence-electron chi connectivity index (χ0n) is 29.7. The average Bonchev–Trinajstić information content (AvgIpc) is 3.72.